The van der Waals surface area contributed by atoms with Gasteiger partial charge in [-0.05, 0) is 41.9 Å². The van der Waals surface area contributed by atoms with Crippen LogP contribution in [-0.2, 0) is 21.2 Å². The second-order valence-corrected chi connectivity index (χ2v) is 9.28. The number of thiophene rings is 1. The molecule has 1 rings (SSSR count). The van der Waals surface area contributed by atoms with Gasteiger partial charge in [0, 0.05) is 11.1 Å². The summed E-state index contributed by atoms with van der Waals surface area (Å²) in [5.74, 6) is -0.482. The number of hydrogen-bond acceptors (Lipinski definition) is 4. The van der Waals surface area contributed by atoms with E-state index < -0.39 is 20.5 Å². The van der Waals surface area contributed by atoms with Gasteiger partial charge in [0.25, 0.3) is 0 Å². The van der Waals surface area contributed by atoms with Crippen molar-refractivity contribution in [2.75, 3.05) is 6.26 Å². The van der Waals surface area contributed by atoms with Crippen LogP contribution in [0.25, 0.3) is 0 Å². The Kier molecular flexibility index (Phi) is 4.38. The minimum atomic E-state index is -3.42. The summed E-state index contributed by atoms with van der Waals surface area (Å²) in [5, 5.41) is 2.63. The van der Waals surface area contributed by atoms with Gasteiger partial charge in [-0.2, -0.15) is 0 Å². The normalized spacial score (nSPS) is 12.5. The van der Waals surface area contributed by atoms with Crippen molar-refractivity contribution in [3.63, 3.8) is 0 Å². The molecule has 0 aliphatic rings. The molecule has 0 radical (unpaired) electrons. The van der Waals surface area contributed by atoms with E-state index in [4.69, 9.17) is 0 Å². The van der Waals surface area contributed by atoms with Crippen LogP contribution in [0, 0.1) is 0 Å². The highest BCUT2D eigenvalue weighted by molar-refractivity contribution is 9.11. The molecule has 1 aromatic rings. The van der Waals surface area contributed by atoms with E-state index in [0.717, 1.165) is 14.9 Å². The maximum atomic E-state index is 11.8. The fourth-order valence-corrected chi connectivity index (χ4v) is 2.83. The highest BCUT2D eigenvalue weighted by Crippen LogP contribution is 2.22. The van der Waals surface area contributed by atoms with E-state index in [-0.39, 0.29) is 0 Å². The molecule has 0 atom stereocenters. The predicted molar refractivity (Wildman–Crippen MR) is 72.8 cm³/mol. The Labute approximate surface area is 113 Å². The van der Waals surface area contributed by atoms with Crippen LogP contribution in [0.4, 0.5) is 0 Å². The second kappa shape index (κ2) is 5.07. The van der Waals surface area contributed by atoms with E-state index in [1.165, 1.54) is 25.2 Å². The number of nitrogens with one attached hydrogen (secondary N) is 1. The lowest BCUT2D eigenvalue weighted by atomic mass is 10.2. The topological polar surface area (TPSA) is 63.2 Å². The fraction of sp³-hybridized carbons (Fsp3) is 0.500. The molecule has 0 aliphatic heterocycles. The van der Waals surface area contributed by atoms with Gasteiger partial charge in [0.15, 0.2) is 9.84 Å². The number of carbonyl (C=O) groups excluding carboxylic acids is 1. The van der Waals surface area contributed by atoms with Crippen LogP contribution in [0.15, 0.2) is 15.9 Å². The number of rotatable bonds is 4. The van der Waals surface area contributed by atoms with Crippen molar-refractivity contribution in [2.45, 2.75) is 25.1 Å². The van der Waals surface area contributed by atoms with Crippen molar-refractivity contribution in [1.29, 1.82) is 0 Å². The van der Waals surface area contributed by atoms with Gasteiger partial charge in [-0.25, -0.2) is 8.42 Å². The van der Waals surface area contributed by atoms with Crippen LogP contribution in [0.5, 0.6) is 0 Å². The largest absolute Gasteiger partial charge is 0.350 e. The molecule has 1 N–H and O–H groups in total. The molecule has 1 heterocycles. The minimum absolute atomic E-state index is 0.341. The van der Waals surface area contributed by atoms with E-state index >= 15 is 0 Å². The van der Waals surface area contributed by atoms with Crippen molar-refractivity contribution >= 4 is 43.0 Å². The zero-order valence-corrected chi connectivity index (χ0v) is 13.0. The lowest BCUT2D eigenvalue weighted by molar-refractivity contribution is -0.123. The molecule has 0 bridgehead atoms. The van der Waals surface area contributed by atoms with Crippen molar-refractivity contribution < 1.29 is 13.2 Å². The van der Waals surface area contributed by atoms with Crippen LogP contribution in [-0.4, -0.2) is 25.3 Å². The quantitative estimate of drug-likeness (QED) is 0.911. The fourth-order valence-electron chi connectivity index (χ4n) is 0.995. The summed E-state index contributed by atoms with van der Waals surface area (Å²) in [6.07, 6.45) is 1.06. The van der Waals surface area contributed by atoms with Crippen molar-refractivity contribution in [3.8, 4) is 0 Å². The Morgan fingerprint density at radius 1 is 1.47 bits per heavy atom. The number of carbonyl (C=O) groups is 1. The molecule has 0 fully saturated rings. The summed E-state index contributed by atoms with van der Waals surface area (Å²) in [6.45, 7) is 3.15. The molecule has 0 saturated heterocycles. The SMILES string of the molecule is CC(C)(C(=O)NCc1ccc(Br)s1)S(C)(=O)=O. The first-order chi connectivity index (χ1) is 7.64. The molecule has 1 aromatic heterocycles. The molecule has 0 aromatic carbocycles. The number of halogens is 1. The summed E-state index contributed by atoms with van der Waals surface area (Å²) in [4.78, 5) is 12.8. The Morgan fingerprint density at radius 2 is 2.06 bits per heavy atom. The molecule has 96 valence electrons. The van der Waals surface area contributed by atoms with Crippen molar-refractivity contribution in [3.05, 3.63) is 20.8 Å². The monoisotopic (exact) mass is 339 g/mol. The van der Waals surface area contributed by atoms with Crippen LogP contribution in [0.2, 0.25) is 0 Å². The molecular formula is C10H14BrNO3S2. The Bertz CT molecular complexity index is 519. The van der Waals surface area contributed by atoms with Gasteiger partial charge in [0.05, 0.1) is 10.3 Å². The third-order valence-electron chi connectivity index (χ3n) is 2.53. The molecule has 7 heteroatoms. The first-order valence-electron chi connectivity index (χ1n) is 4.86. The number of sulfone groups is 1. The third kappa shape index (κ3) is 3.53. The van der Waals surface area contributed by atoms with Crippen molar-refractivity contribution in [2.24, 2.45) is 0 Å². The summed E-state index contributed by atoms with van der Waals surface area (Å²) in [5.41, 5.74) is 0. The first-order valence-corrected chi connectivity index (χ1v) is 8.37. The zero-order valence-electron chi connectivity index (χ0n) is 9.78. The molecule has 0 spiro atoms. The third-order valence-corrected chi connectivity index (χ3v) is 6.19. The number of hydrogen-bond donors (Lipinski definition) is 1. The molecule has 1 amide bonds. The Balaban J connectivity index is 2.68. The lowest BCUT2D eigenvalue weighted by Crippen LogP contribution is -2.47. The van der Waals surface area contributed by atoms with Gasteiger partial charge in [-0.1, -0.05) is 0 Å². The first kappa shape index (κ1) is 14.7. The minimum Gasteiger partial charge on any atom is -0.350 e. The van der Waals surface area contributed by atoms with Crippen LogP contribution < -0.4 is 5.32 Å². The maximum absolute atomic E-state index is 11.8. The summed E-state index contributed by atoms with van der Waals surface area (Å²) < 4.78 is 22.5. The van der Waals surface area contributed by atoms with E-state index in [0.29, 0.717) is 6.54 Å². The molecule has 0 aliphatic carbocycles. The molecule has 0 saturated carbocycles. The zero-order chi connectivity index (χ0) is 13.3. The van der Waals surface area contributed by atoms with Gasteiger partial charge < -0.3 is 5.32 Å². The van der Waals surface area contributed by atoms with Crippen molar-refractivity contribution in [1.82, 2.24) is 5.32 Å². The Morgan fingerprint density at radius 3 is 2.47 bits per heavy atom. The maximum Gasteiger partial charge on any atom is 0.241 e. The lowest BCUT2D eigenvalue weighted by Gasteiger charge is -2.21. The highest BCUT2D eigenvalue weighted by Gasteiger charge is 2.38. The van der Waals surface area contributed by atoms with Gasteiger partial charge in [-0.15, -0.1) is 11.3 Å². The average molecular weight is 340 g/mol. The average Bonchev–Trinajstić information content (AvgIpc) is 2.58. The van der Waals surface area contributed by atoms with Gasteiger partial charge in [0.1, 0.15) is 4.75 Å². The highest BCUT2D eigenvalue weighted by atomic mass is 79.9. The van der Waals surface area contributed by atoms with Crippen LogP contribution >= 0.6 is 27.3 Å². The predicted octanol–water partition coefficient (Wildman–Crippen LogP) is 1.95. The van der Waals surface area contributed by atoms with Gasteiger partial charge in [-0.3, -0.25) is 4.79 Å². The smallest absolute Gasteiger partial charge is 0.241 e. The van der Waals surface area contributed by atoms with Gasteiger partial charge >= 0.3 is 0 Å². The standard InChI is InChI=1S/C10H14BrNO3S2/c1-10(2,17(3,14)15)9(13)12-6-7-4-5-8(11)16-7/h4-5H,6H2,1-3H3,(H,12,13). The molecular weight excluding hydrogens is 326 g/mol. The summed E-state index contributed by atoms with van der Waals surface area (Å²) >= 11 is 4.82. The van der Waals surface area contributed by atoms with Crippen LogP contribution in [0.1, 0.15) is 18.7 Å². The Hall–Kier alpha value is -0.400. The van der Waals surface area contributed by atoms with Gasteiger partial charge in [0.2, 0.25) is 5.91 Å². The van der Waals surface area contributed by atoms with E-state index in [1.807, 2.05) is 12.1 Å². The molecule has 4 nitrogen and oxygen atoms in total. The summed E-state index contributed by atoms with van der Waals surface area (Å²) in [7, 11) is -3.42. The van der Waals surface area contributed by atoms with Crippen LogP contribution in [0.3, 0.4) is 0 Å². The number of amides is 1. The van der Waals surface area contributed by atoms with E-state index in [9.17, 15) is 13.2 Å². The summed E-state index contributed by atoms with van der Waals surface area (Å²) in [6, 6.07) is 3.76. The molecule has 0 unspecified atom stereocenters. The van der Waals surface area contributed by atoms with E-state index in [2.05, 4.69) is 21.2 Å². The second-order valence-electron chi connectivity index (χ2n) is 4.17. The molecule has 17 heavy (non-hydrogen) atoms. The van der Waals surface area contributed by atoms with E-state index in [1.54, 1.807) is 0 Å².